The molecule has 3 heterocycles. The standard InChI is InChI=1S/C21H24BN4O7/c1-10-5-13-16(10)12-3-4-14(17(19(27)28)18(12)33-22(13,30)31)32-11-7-26(8-11)20(29)21(2,23)15-6-24-9-25-15/h3-4,6,9,11,13,16,30-31H,1,5,7-8,23H2,2H3,(H,24,25)(H,27,28)/q-1/t13-,16-,21?/m1/s1. The molecule has 0 spiro atoms. The van der Waals surface area contributed by atoms with E-state index in [2.05, 4.69) is 16.5 Å². The number of aromatic nitrogens is 2. The number of aromatic amines is 1. The fourth-order valence-corrected chi connectivity index (χ4v) is 4.90. The molecule has 11 nitrogen and oxygen atoms in total. The largest absolute Gasteiger partial charge is 0.669 e. The van der Waals surface area contributed by atoms with Crippen LogP contribution in [0.4, 0.5) is 0 Å². The molecule has 2 fully saturated rings. The molecular weight excluding hydrogens is 431 g/mol. The van der Waals surface area contributed by atoms with Crippen molar-refractivity contribution in [2.45, 2.75) is 36.7 Å². The third-order valence-electron chi connectivity index (χ3n) is 6.82. The van der Waals surface area contributed by atoms with Crippen LogP contribution < -0.4 is 15.1 Å². The van der Waals surface area contributed by atoms with Gasteiger partial charge in [-0.1, -0.05) is 30.5 Å². The number of hydrogen-bond acceptors (Lipinski definition) is 8. The molecule has 3 atom stereocenters. The molecule has 2 aromatic rings. The lowest BCUT2D eigenvalue weighted by Crippen LogP contribution is -2.62. The number of likely N-dealkylation sites (tertiary alicyclic amines) is 1. The Morgan fingerprint density at radius 3 is 2.73 bits per heavy atom. The van der Waals surface area contributed by atoms with E-state index < -0.39 is 30.2 Å². The predicted octanol–water partition coefficient (Wildman–Crippen LogP) is 0.301. The minimum absolute atomic E-state index is 0.0242. The molecule has 1 aromatic heterocycles. The summed E-state index contributed by atoms with van der Waals surface area (Å²) in [6.45, 7) is 2.70. The number of allylic oxidation sites excluding steroid dienone is 1. The van der Waals surface area contributed by atoms with Gasteiger partial charge in [0.05, 0.1) is 30.9 Å². The lowest BCUT2D eigenvalue weighted by molar-refractivity contribution is -0.145. The van der Waals surface area contributed by atoms with Gasteiger partial charge in [-0.05, 0) is 24.5 Å². The summed E-state index contributed by atoms with van der Waals surface area (Å²) in [7, 11) is 0. The molecule has 1 saturated heterocycles. The number of nitrogens with one attached hydrogen (secondary N) is 1. The molecule has 33 heavy (non-hydrogen) atoms. The van der Waals surface area contributed by atoms with Crippen molar-refractivity contribution >= 4 is 18.6 Å². The number of H-pyrrole nitrogens is 1. The first-order chi connectivity index (χ1) is 15.5. The summed E-state index contributed by atoms with van der Waals surface area (Å²) in [5.74, 6) is -2.67. The highest BCUT2D eigenvalue weighted by molar-refractivity contribution is 6.61. The number of carboxylic acids is 1. The van der Waals surface area contributed by atoms with Crippen molar-refractivity contribution in [3.8, 4) is 11.5 Å². The van der Waals surface area contributed by atoms with Gasteiger partial charge in [-0.25, -0.2) is 9.78 Å². The quantitative estimate of drug-likeness (QED) is 0.314. The van der Waals surface area contributed by atoms with Gasteiger partial charge in [0.15, 0.2) is 0 Å². The van der Waals surface area contributed by atoms with Crippen molar-refractivity contribution in [1.29, 1.82) is 0 Å². The maximum Gasteiger partial charge on any atom is 0.434 e. The molecule has 6 N–H and O–H groups in total. The number of nitrogens with two attached hydrogens (primary N) is 1. The van der Waals surface area contributed by atoms with Crippen molar-refractivity contribution in [2.75, 3.05) is 13.1 Å². The molecule has 5 rings (SSSR count). The third kappa shape index (κ3) is 3.21. The van der Waals surface area contributed by atoms with E-state index >= 15 is 0 Å². The number of aromatic carboxylic acids is 1. The number of carboxylic acid groups (broad SMARTS) is 1. The summed E-state index contributed by atoms with van der Waals surface area (Å²) in [6, 6.07) is 3.20. The maximum absolute atomic E-state index is 12.8. The van der Waals surface area contributed by atoms with Crippen molar-refractivity contribution in [3.05, 3.63) is 53.6 Å². The molecule has 1 unspecified atom stereocenters. The van der Waals surface area contributed by atoms with Gasteiger partial charge >= 0.3 is 12.7 Å². The first-order valence-electron chi connectivity index (χ1n) is 10.6. The van der Waals surface area contributed by atoms with Gasteiger partial charge in [-0.15, -0.1) is 0 Å². The summed E-state index contributed by atoms with van der Waals surface area (Å²) in [5.41, 5.74) is 6.32. The van der Waals surface area contributed by atoms with Gasteiger partial charge in [0, 0.05) is 6.20 Å². The number of benzene rings is 1. The van der Waals surface area contributed by atoms with Gasteiger partial charge in [0.25, 0.3) is 0 Å². The van der Waals surface area contributed by atoms with Crippen molar-refractivity contribution in [2.24, 2.45) is 5.73 Å². The summed E-state index contributed by atoms with van der Waals surface area (Å²) < 4.78 is 11.3. The molecule has 174 valence electrons. The number of ether oxygens (including phenoxy) is 1. The van der Waals surface area contributed by atoms with Crippen LogP contribution in [0.25, 0.3) is 0 Å². The van der Waals surface area contributed by atoms with Crippen LogP contribution in [0.2, 0.25) is 5.82 Å². The van der Waals surface area contributed by atoms with Crippen LogP contribution in [-0.4, -0.2) is 67.8 Å². The number of carbonyl (C=O) groups is 2. The second-order valence-corrected chi connectivity index (χ2v) is 9.15. The van der Waals surface area contributed by atoms with Gasteiger partial charge in [-0.2, -0.15) is 0 Å². The zero-order valence-electron chi connectivity index (χ0n) is 17.9. The summed E-state index contributed by atoms with van der Waals surface area (Å²) in [6.07, 6.45) is 2.94. The normalized spacial score (nSPS) is 25.0. The van der Waals surface area contributed by atoms with Crippen molar-refractivity contribution in [3.63, 3.8) is 0 Å². The van der Waals surface area contributed by atoms with Crippen LogP contribution in [0.1, 0.15) is 40.9 Å². The zero-order chi connectivity index (χ0) is 23.7. The average molecular weight is 455 g/mol. The van der Waals surface area contributed by atoms with Crippen LogP contribution >= 0.6 is 0 Å². The number of hydrogen-bond donors (Lipinski definition) is 5. The number of fused-ring (bicyclic) bond motifs is 3. The van der Waals surface area contributed by atoms with Gasteiger partial charge in [0.2, 0.25) is 5.91 Å². The first kappa shape index (κ1) is 21.5. The van der Waals surface area contributed by atoms with E-state index in [0.717, 1.165) is 5.57 Å². The zero-order valence-corrected chi connectivity index (χ0v) is 17.9. The van der Waals surface area contributed by atoms with Gasteiger partial charge in [-0.3, -0.25) is 4.79 Å². The monoisotopic (exact) mass is 455 g/mol. The second-order valence-electron chi connectivity index (χ2n) is 9.15. The van der Waals surface area contributed by atoms with E-state index in [1.807, 2.05) is 0 Å². The van der Waals surface area contributed by atoms with E-state index in [-0.39, 0.29) is 42.0 Å². The topological polar surface area (TPSA) is 171 Å². The minimum atomic E-state index is -3.23. The van der Waals surface area contributed by atoms with E-state index in [0.29, 0.717) is 17.7 Å². The minimum Gasteiger partial charge on any atom is -0.669 e. The van der Waals surface area contributed by atoms with Gasteiger partial charge in [0.1, 0.15) is 23.0 Å². The molecule has 1 aliphatic carbocycles. The molecule has 12 heteroatoms. The van der Waals surface area contributed by atoms with E-state index in [4.69, 9.17) is 15.1 Å². The predicted molar refractivity (Wildman–Crippen MR) is 116 cm³/mol. The lowest BCUT2D eigenvalue weighted by Gasteiger charge is -2.55. The SMILES string of the molecule is C=C1C[C@@H]2[C@H]1c1ccc(OC3CN(C(=O)C(C)(N)c4c[nH]cn4)C3)c(C(=O)O)c1O[B-]2(O)O. The van der Waals surface area contributed by atoms with Crippen LogP contribution in [0.3, 0.4) is 0 Å². The molecule has 0 radical (unpaired) electrons. The Hall–Kier alpha value is -3.35. The Kier molecular flexibility index (Phi) is 4.61. The summed E-state index contributed by atoms with van der Waals surface area (Å²) in [4.78, 5) is 33.2. The fourth-order valence-electron chi connectivity index (χ4n) is 4.90. The van der Waals surface area contributed by atoms with Crippen LogP contribution in [0, 0.1) is 0 Å². The average Bonchev–Trinajstić information content (AvgIpc) is 3.24. The fraction of sp³-hybridized carbons (Fsp3) is 0.381. The molecule has 1 amide bonds. The first-order valence-corrected chi connectivity index (χ1v) is 10.6. The Morgan fingerprint density at radius 1 is 1.39 bits per heavy atom. The highest BCUT2D eigenvalue weighted by Crippen LogP contribution is 2.60. The number of nitrogens with zero attached hydrogens (tertiary/aromatic N) is 2. The molecular formula is C21H24BN4O7-. The number of rotatable bonds is 5. The maximum atomic E-state index is 12.8. The van der Waals surface area contributed by atoms with E-state index in [1.165, 1.54) is 17.3 Å². The second kappa shape index (κ2) is 7.08. The third-order valence-corrected chi connectivity index (χ3v) is 6.82. The Labute approximate surface area is 188 Å². The number of carbonyl (C=O) groups excluding carboxylic acids is 1. The Bertz CT molecular complexity index is 1160. The molecule has 2 aliphatic heterocycles. The molecule has 0 bridgehead atoms. The molecule has 1 saturated carbocycles. The Morgan fingerprint density at radius 2 is 2.12 bits per heavy atom. The van der Waals surface area contributed by atoms with E-state index in [9.17, 15) is 24.7 Å². The highest BCUT2D eigenvalue weighted by Gasteiger charge is 2.52. The summed E-state index contributed by atoms with van der Waals surface area (Å²) in [5, 5.41) is 30.6. The Balaban J connectivity index is 1.35. The molecule has 1 aromatic carbocycles. The van der Waals surface area contributed by atoms with Crippen molar-refractivity contribution in [1.82, 2.24) is 14.9 Å². The molecule has 3 aliphatic rings. The lowest BCUT2D eigenvalue weighted by atomic mass is 9.45. The van der Waals surface area contributed by atoms with Crippen molar-refractivity contribution < 1.29 is 34.1 Å². The van der Waals surface area contributed by atoms with Gasteiger partial charge < -0.3 is 40.2 Å². The number of imidazole rings is 1. The number of amides is 1. The van der Waals surface area contributed by atoms with Crippen LogP contribution in [-0.2, 0) is 10.3 Å². The summed E-state index contributed by atoms with van der Waals surface area (Å²) >= 11 is 0. The smallest absolute Gasteiger partial charge is 0.434 e. The highest BCUT2D eigenvalue weighted by atomic mass is 16.6. The van der Waals surface area contributed by atoms with Crippen LogP contribution in [0.5, 0.6) is 11.5 Å². The van der Waals surface area contributed by atoms with Crippen LogP contribution in [0.15, 0.2) is 36.8 Å². The van der Waals surface area contributed by atoms with E-state index in [1.54, 1.807) is 19.2 Å².